The fourth-order valence-electron chi connectivity index (χ4n) is 2.20. The number of anilines is 2. The Morgan fingerprint density at radius 1 is 1.48 bits per heavy atom. The van der Waals surface area contributed by atoms with Crippen molar-refractivity contribution in [2.24, 2.45) is 0 Å². The van der Waals surface area contributed by atoms with E-state index in [4.69, 9.17) is 5.73 Å². The van der Waals surface area contributed by atoms with Crippen LogP contribution in [0.3, 0.4) is 0 Å². The highest BCUT2D eigenvalue weighted by Gasteiger charge is 2.20. The van der Waals surface area contributed by atoms with Crippen LogP contribution in [-0.4, -0.2) is 11.1 Å². The Kier molecular flexibility index (Phi) is 4.80. The number of hydrogen-bond donors (Lipinski definition) is 3. The van der Waals surface area contributed by atoms with Gasteiger partial charge in [0.15, 0.2) is 0 Å². The van der Waals surface area contributed by atoms with Gasteiger partial charge < -0.3 is 16.2 Å². The third-order valence-corrected chi connectivity index (χ3v) is 4.19. The molecule has 0 bridgehead atoms. The van der Waals surface area contributed by atoms with E-state index in [-0.39, 0.29) is 17.3 Å². The van der Waals surface area contributed by atoms with Crippen LogP contribution >= 0.6 is 11.3 Å². The molecule has 1 aromatic carbocycles. The van der Waals surface area contributed by atoms with Crippen molar-refractivity contribution in [2.45, 2.75) is 25.8 Å². The van der Waals surface area contributed by atoms with E-state index in [1.807, 2.05) is 17.5 Å². The van der Waals surface area contributed by atoms with Crippen molar-refractivity contribution in [3.63, 3.8) is 0 Å². The average molecular weight is 308 g/mol. The van der Waals surface area contributed by atoms with Gasteiger partial charge in [-0.05, 0) is 30.0 Å². The summed E-state index contributed by atoms with van der Waals surface area (Å²) in [5.41, 5.74) is 5.35. The number of benzene rings is 1. The minimum atomic E-state index is -1.24. The lowest BCUT2D eigenvalue weighted by Crippen LogP contribution is -2.14. The van der Waals surface area contributed by atoms with Gasteiger partial charge in [-0.15, -0.1) is 11.3 Å². The number of thiophene rings is 1. The van der Waals surface area contributed by atoms with Crippen LogP contribution in [0.25, 0.3) is 0 Å². The Hall–Kier alpha value is -2.08. The summed E-state index contributed by atoms with van der Waals surface area (Å²) in [7, 11) is 0. The van der Waals surface area contributed by atoms with Crippen LogP contribution in [0, 0.1) is 5.82 Å². The van der Waals surface area contributed by atoms with Gasteiger partial charge in [0.1, 0.15) is 11.4 Å². The van der Waals surface area contributed by atoms with Gasteiger partial charge in [-0.25, -0.2) is 9.18 Å². The van der Waals surface area contributed by atoms with Crippen molar-refractivity contribution in [2.75, 3.05) is 11.1 Å². The molecule has 112 valence electrons. The molecule has 4 N–H and O–H groups in total. The van der Waals surface area contributed by atoms with Crippen molar-refractivity contribution >= 4 is 28.7 Å². The summed E-state index contributed by atoms with van der Waals surface area (Å²) < 4.78 is 13.5. The second-order valence-electron chi connectivity index (χ2n) is 4.69. The van der Waals surface area contributed by atoms with Crippen LogP contribution in [-0.2, 0) is 0 Å². The number of carboxylic acids is 1. The number of nitrogens with one attached hydrogen (secondary N) is 1. The second kappa shape index (κ2) is 6.58. The number of carboxylic acid groups (broad SMARTS) is 1. The number of halogens is 1. The standard InChI is InChI=1S/C15H17FN2O2S/c1-2-4-10(12-5-3-8-21-12)18-11-7-6-9(16)14(17)13(11)15(19)20/h3,5-8,10,18H,2,4,17H2,1H3,(H,19,20). The summed E-state index contributed by atoms with van der Waals surface area (Å²) in [6.07, 6.45) is 1.78. The number of nitrogens with two attached hydrogens (primary N) is 1. The number of aromatic carboxylic acids is 1. The first-order chi connectivity index (χ1) is 10.0. The van der Waals surface area contributed by atoms with Crippen LogP contribution in [0.5, 0.6) is 0 Å². The summed E-state index contributed by atoms with van der Waals surface area (Å²) in [6, 6.07) is 6.53. The molecule has 0 saturated carbocycles. The average Bonchev–Trinajstić information content (AvgIpc) is 2.96. The van der Waals surface area contributed by atoms with Crippen molar-refractivity contribution in [1.29, 1.82) is 0 Å². The quantitative estimate of drug-likeness (QED) is 0.702. The van der Waals surface area contributed by atoms with Crippen molar-refractivity contribution < 1.29 is 14.3 Å². The maximum absolute atomic E-state index is 13.5. The lowest BCUT2D eigenvalue weighted by Gasteiger charge is -2.20. The smallest absolute Gasteiger partial charge is 0.340 e. The molecule has 0 radical (unpaired) electrons. The summed E-state index contributed by atoms with van der Waals surface area (Å²) in [6.45, 7) is 2.05. The molecule has 0 amide bonds. The molecule has 0 aliphatic carbocycles. The van der Waals surface area contributed by atoms with Crippen LogP contribution in [0.2, 0.25) is 0 Å². The molecule has 1 unspecified atom stereocenters. The number of hydrogen-bond acceptors (Lipinski definition) is 4. The van der Waals surface area contributed by atoms with Gasteiger partial charge in [0.2, 0.25) is 0 Å². The molecular weight excluding hydrogens is 291 g/mol. The summed E-state index contributed by atoms with van der Waals surface area (Å²) in [5, 5.41) is 14.4. The largest absolute Gasteiger partial charge is 0.478 e. The Morgan fingerprint density at radius 2 is 2.24 bits per heavy atom. The van der Waals surface area contributed by atoms with Gasteiger partial charge in [-0.3, -0.25) is 0 Å². The first kappa shape index (κ1) is 15.3. The molecule has 2 aromatic rings. The van der Waals surface area contributed by atoms with Crippen molar-refractivity contribution in [3.8, 4) is 0 Å². The lowest BCUT2D eigenvalue weighted by molar-refractivity contribution is 0.0698. The summed E-state index contributed by atoms with van der Waals surface area (Å²) in [5.74, 6) is -1.96. The molecule has 0 spiro atoms. The molecule has 1 aromatic heterocycles. The fraction of sp³-hybridized carbons (Fsp3) is 0.267. The first-order valence-corrected chi connectivity index (χ1v) is 7.53. The highest BCUT2D eigenvalue weighted by Crippen LogP contribution is 2.32. The molecular formula is C15H17FN2O2S. The Balaban J connectivity index is 2.37. The first-order valence-electron chi connectivity index (χ1n) is 6.65. The van der Waals surface area contributed by atoms with E-state index in [9.17, 15) is 14.3 Å². The number of rotatable bonds is 6. The lowest BCUT2D eigenvalue weighted by atomic mass is 10.1. The Bertz CT molecular complexity index is 629. The normalized spacial score (nSPS) is 12.1. The molecule has 1 atom stereocenters. The van der Waals surface area contributed by atoms with Gasteiger partial charge in [0.05, 0.1) is 17.4 Å². The van der Waals surface area contributed by atoms with E-state index in [1.54, 1.807) is 11.3 Å². The van der Waals surface area contributed by atoms with Gasteiger partial charge >= 0.3 is 5.97 Å². The van der Waals surface area contributed by atoms with Crippen LogP contribution < -0.4 is 11.1 Å². The maximum atomic E-state index is 13.5. The van der Waals surface area contributed by atoms with Crippen LogP contribution in [0.15, 0.2) is 29.6 Å². The molecule has 4 nitrogen and oxygen atoms in total. The highest BCUT2D eigenvalue weighted by atomic mass is 32.1. The molecule has 1 heterocycles. The van der Waals surface area contributed by atoms with Gasteiger partial charge in [-0.2, -0.15) is 0 Å². The Labute approximate surface area is 126 Å². The molecule has 0 aliphatic heterocycles. The summed E-state index contributed by atoms with van der Waals surface area (Å²) in [4.78, 5) is 12.4. The van der Waals surface area contributed by atoms with Crippen molar-refractivity contribution in [3.05, 3.63) is 45.9 Å². The minimum absolute atomic E-state index is 0.0158. The monoisotopic (exact) mass is 308 g/mol. The SMILES string of the molecule is CCCC(Nc1ccc(F)c(N)c1C(=O)O)c1cccs1. The predicted octanol–water partition coefficient (Wildman–Crippen LogP) is 4.12. The zero-order valence-corrected chi connectivity index (χ0v) is 12.4. The van der Waals surface area contributed by atoms with E-state index < -0.39 is 11.8 Å². The number of nitrogen functional groups attached to an aromatic ring is 1. The zero-order chi connectivity index (χ0) is 15.4. The molecule has 2 rings (SSSR count). The van der Waals surface area contributed by atoms with Crippen molar-refractivity contribution in [1.82, 2.24) is 0 Å². The molecule has 6 heteroatoms. The van der Waals surface area contributed by atoms with Gasteiger partial charge in [-0.1, -0.05) is 19.4 Å². The topological polar surface area (TPSA) is 75.3 Å². The third kappa shape index (κ3) is 3.33. The van der Waals surface area contributed by atoms with E-state index >= 15 is 0 Å². The van der Waals surface area contributed by atoms with Crippen LogP contribution in [0.1, 0.15) is 41.0 Å². The number of carbonyl (C=O) groups is 1. The molecule has 0 saturated heterocycles. The van der Waals surface area contributed by atoms with Crippen LogP contribution in [0.4, 0.5) is 15.8 Å². The molecule has 0 fully saturated rings. The maximum Gasteiger partial charge on any atom is 0.340 e. The van der Waals surface area contributed by atoms with E-state index in [1.165, 1.54) is 12.1 Å². The minimum Gasteiger partial charge on any atom is -0.478 e. The van der Waals surface area contributed by atoms with E-state index in [0.29, 0.717) is 5.69 Å². The third-order valence-electron chi connectivity index (χ3n) is 3.20. The van der Waals surface area contributed by atoms with Gasteiger partial charge in [0, 0.05) is 4.88 Å². The highest BCUT2D eigenvalue weighted by molar-refractivity contribution is 7.10. The van der Waals surface area contributed by atoms with Gasteiger partial charge in [0.25, 0.3) is 0 Å². The predicted molar refractivity (Wildman–Crippen MR) is 83.4 cm³/mol. The molecule has 0 aliphatic rings. The zero-order valence-electron chi connectivity index (χ0n) is 11.6. The second-order valence-corrected chi connectivity index (χ2v) is 5.67. The Morgan fingerprint density at radius 3 is 2.81 bits per heavy atom. The fourth-order valence-corrected chi connectivity index (χ4v) is 3.01. The van der Waals surface area contributed by atoms with E-state index in [0.717, 1.165) is 17.7 Å². The molecule has 21 heavy (non-hydrogen) atoms. The van der Waals surface area contributed by atoms with E-state index in [2.05, 4.69) is 12.2 Å². The summed E-state index contributed by atoms with van der Waals surface area (Å²) >= 11 is 1.60.